The molecule has 0 radical (unpaired) electrons. The second kappa shape index (κ2) is 10.5. The van der Waals surface area contributed by atoms with Crippen LogP contribution in [0.25, 0.3) is 11.3 Å². The molecule has 1 aliphatic heterocycles. The number of aliphatic hydroxyl groups is 1. The van der Waals surface area contributed by atoms with Gasteiger partial charge in [0, 0.05) is 35.5 Å². The van der Waals surface area contributed by atoms with E-state index in [9.17, 15) is 10.4 Å². The number of nitriles is 1. The Morgan fingerprint density at radius 1 is 1.13 bits per heavy atom. The fraction of sp³-hybridized carbons (Fsp3) is 0.258. The summed E-state index contributed by atoms with van der Waals surface area (Å²) < 4.78 is 6.02. The van der Waals surface area contributed by atoms with E-state index in [1.807, 2.05) is 49.4 Å². The first-order valence-electron chi connectivity index (χ1n) is 12.7. The molecule has 0 bridgehead atoms. The molecule has 3 N–H and O–H groups in total. The summed E-state index contributed by atoms with van der Waals surface area (Å²) in [4.78, 5) is 9.09. The Bertz CT molecular complexity index is 1490. The van der Waals surface area contributed by atoms with Gasteiger partial charge >= 0.3 is 0 Å². The lowest BCUT2D eigenvalue weighted by molar-refractivity contribution is 0.219. The van der Waals surface area contributed by atoms with Gasteiger partial charge in [-0.15, -0.1) is 0 Å². The number of rotatable bonds is 8. The van der Waals surface area contributed by atoms with Crippen molar-refractivity contribution in [2.75, 3.05) is 23.8 Å². The quantitative estimate of drug-likeness (QED) is 0.264. The Hall–Kier alpha value is -4.41. The third-order valence-electron chi connectivity index (χ3n) is 7.01. The van der Waals surface area contributed by atoms with E-state index in [1.54, 1.807) is 6.20 Å². The highest BCUT2D eigenvalue weighted by atomic mass is 16.5. The number of nitrogens with zero attached hydrogens (tertiary/aromatic N) is 3. The zero-order chi connectivity index (χ0) is 26.7. The van der Waals surface area contributed by atoms with Crippen LogP contribution in [0, 0.1) is 11.3 Å². The Kier molecular flexibility index (Phi) is 6.99. The molecule has 1 aromatic heterocycles. The predicted octanol–water partition coefficient (Wildman–Crippen LogP) is 6.14. The van der Waals surface area contributed by atoms with Crippen LogP contribution in [0.15, 0.2) is 72.9 Å². The van der Waals surface area contributed by atoms with E-state index in [0.717, 1.165) is 33.8 Å². The first kappa shape index (κ1) is 25.2. The Morgan fingerprint density at radius 3 is 2.68 bits per heavy atom. The van der Waals surface area contributed by atoms with Crippen molar-refractivity contribution in [2.24, 2.45) is 0 Å². The minimum atomic E-state index is -0.456. The molecular weight excluding hydrogens is 474 g/mol. The molecule has 0 saturated heterocycles. The van der Waals surface area contributed by atoms with Gasteiger partial charge < -0.3 is 20.5 Å². The van der Waals surface area contributed by atoms with Crippen LogP contribution >= 0.6 is 0 Å². The van der Waals surface area contributed by atoms with Gasteiger partial charge in [0.15, 0.2) is 0 Å². The summed E-state index contributed by atoms with van der Waals surface area (Å²) >= 11 is 0. The molecule has 38 heavy (non-hydrogen) atoms. The molecule has 5 rings (SSSR count). The highest BCUT2D eigenvalue weighted by molar-refractivity contribution is 5.76. The van der Waals surface area contributed by atoms with E-state index in [-0.39, 0.29) is 6.61 Å². The third kappa shape index (κ3) is 5.17. The lowest BCUT2D eigenvalue weighted by atomic mass is 9.83. The number of anilines is 3. The summed E-state index contributed by atoms with van der Waals surface area (Å²) in [5.74, 6) is 1.68. The number of ether oxygens (including phenoxy) is 1. The number of benzene rings is 3. The van der Waals surface area contributed by atoms with Gasteiger partial charge in [0.25, 0.3) is 0 Å². The van der Waals surface area contributed by atoms with Gasteiger partial charge in [0.05, 0.1) is 23.6 Å². The number of hydrogen-bond donors (Lipinski definition) is 3. The summed E-state index contributed by atoms with van der Waals surface area (Å²) in [5.41, 5.74) is 6.50. The molecule has 1 aliphatic rings. The minimum Gasteiger partial charge on any atom is -0.489 e. The molecule has 1 unspecified atom stereocenters. The van der Waals surface area contributed by atoms with Gasteiger partial charge in [-0.2, -0.15) is 5.26 Å². The lowest BCUT2D eigenvalue weighted by Crippen LogP contribution is -2.28. The number of hydrogen-bond acceptors (Lipinski definition) is 7. The van der Waals surface area contributed by atoms with Gasteiger partial charge in [-0.3, -0.25) is 0 Å². The van der Waals surface area contributed by atoms with Crippen LogP contribution < -0.4 is 15.4 Å². The SMILES string of the molecule is CC(C)c1ccc(COc2cccc(Nc3nccc(-c4cc(C#N)c5c(c4)C(C)(CO)CN5)n3)c2)cc1. The normalized spacial score (nSPS) is 16.0. The zero-order valence-electron chi connectivity index (χ0n) is 21.8. The van der Waals surface area contributed by atoms with Crippen molar-refractivity contribution in [3.63, 3.8) is 0 Å². The first-order valence-corrected chi connectivity index (χ1v) is 12.7. The molecule has 0 amide bonds. The largest absolute Gasteiger partial charge is 0.489 e. The van der Waals surface area contributed by atoms with Crippen molar-refractivity contribution in [2.45, 2.75) is 38.7 Å². The number of nitrogens with one attached hydrogen (secondary N) is 2. The zero-order valence-corrected chi connectivity index (χ0v) is 21.8. The van der Waals surface area contributed by atoms with Crippen LogP contribution in [0.2, 0.25) is 0 Å². The third-order valence-corrected chi connectivity index (χ3v) is 7.01. The molecular formula is C31H31N5O2. The topological polar surface area (TPSA) is 103 Å². The van der Waals surface area contributed by atoms with E-state index >= 15 is 0 Å². The van der Waals surface area contributed by atoms with Gasteiger partial charge in [0.2, 0.25) is 5.95 Å². The molecule has 0 aliphatic carbocycles. The second-order valence-corrected chi connectivity index (χ2v) is 10.2. The average Bonchev–Trinajstić information content (AvgIpc) is 3.29. The van der Waals surface area contributed by atoms with E-state index in [4.69, 9.17) is 9.72 Å². The summed E-state index contributed by atoms with van der Waals surface area (Å²) in [7, 11) is 0. The molecule has 1 atom stereocenters. The predicted molar refractivity (Wildman–Crippen MR) is 150 cm³/mol. The van der Waals surface area contributed by atoms with E-state index in [1.165, 1.54) is 5.56 Å². The van der Waals surface area contributed by atoms with Crippen molar-refractivity contribution in [1.82, 2.24) is 9.97 Å². The Balaban J connectivity index is 1.33. The highest BCUT2D eigenvalue weighted by Crippen LogP contribution is 2.41. The minimum absolute atomic E-state index is 0.0143. The molecule has 3 aromatic carbocycles. The summed E-state index contributed by atoms with van der Waals surface area (Å²) in [6.45, 7) is 7.40. The molecule has 0 fully saturated rings. The molecule has 4 aromatic rings. The maximum atomic E-state index is 9.99. The van der Waals surface area contributed by atoms with Crippen LogP contribution in [-0.4, -0.2) is 28.2 Å². The average molecular weight is 506 g/mol. The van der Waals surface area contributed by atoms with Gasteiger partial charge in [-0.25, -0.2) is 9.97 Å². The molecule has 2 heterocycles. The highest BCUT2D eigenvalue weighted by Gasteiger charge is 2.36. The number of aliphatic hydroxyl groups excluding tert-OH is 1. The summed E-state index contributed by atoms with van der Waals surface area (Å²) in [5, 5.41) is 26.3. The van der Waals surface area contributed by atoms with E-state index in [0.29, 0.717) is 36.3 Å². The van der Waals surface area contributed by atoms with Crippen molar-refractivity contribution >= 4 is 17.3 Å². The van der Waals surface area contributed by atoms with Crippen molar-refractivity contribution < 1.29 is 9.84 Å². The molecule has 7 heteroatoms. The van der Waals surface area contributed by atoms with Crippen LogP contribution in [0.4, 0.5) is 17.3 Å². The Morgan fingerprint density at radius 2 is 1.95 bits per heavy atom. The summed E-state index contributed by atoms with van der Waals surface area (Å²) in [6.07, 6.45) is 1.69. The van der Waals surface area contributed by atoms with E-state index < -0.39 is 5.41 Å². The van der Waals surface area contributed by atoms with E-state index in [2.05, 4.69) is 59.8 Å². The van der Waals surface area contributed by atoms with Crippen LogP contribution in [-0.2, 0) is 12.0 Å². The second-order valence-electron chi connectivity index (χ2n) is 10.2. The smallest absolute Gasteiger partial charge is 0.227 e. The fourth-order valence-electron chi connectivity index (χ4n) is 4.60. The fourth-order valence-corrected chi connectivity index (χ4v) is 4.60. The monoisotopic (exact) mass is 505 g/mol. The standard InChI is InChI=1S/C31H31N5O2/c1-20(2)22-9-7-21(8-10-22)17-38-26-6-4-5-25(15-26)35-30-33-12-11-28(36-30)23-13-24(16-32)29-27(14-23)31(3,19-37)18-34-29/h4-15,20,34,37H,17-19H2,1-3H3,(H,33,35,36). The number of fused-ring (bicyclic) bond motifs is 1. The summed E-state index contributed by atoms with van der Waals surface area (Å²) in [6, 6.07) is 24.1. The van der Waals surface area contributed by atoms with Crippen LogP contribution in [0.1, 0.15) is 48.9 Å². The van der Waals surface area contributed by atoms with Crippen molar-refractivity contribution in [1.29, 1.82) is 5.26 Å². The van der Waals surface area contributed by atoms with Crippen molar-refractivity contribution in [3.8, 4) is 23.1 Å². The van der Waals surface area contributed by atoms with Gasteiger partial charge in [-0.05, 0) is 52.9 Å². The number of aromatic nitrogens is 2. The maximum absolute atomic E-state index is 9.99. The van der Waals surface area contributed by atoms with Gasteiger partial charge in [-0.1, -0.05) is 51.1 Å². The van der Waals surface area contributed by atoms with Crippen LogP contribution in [0.5, 0.6) is 5.75 Å². The Labute approximate surface area is 223 Å². The molecule has 7 nitrogen and oxygen atoms in total. The van der Waals surface area contributed by atoms with Crippen molar-refractivity contribution in [3.05, 3.63) is 95.2 Å². The van der Waals surface area contributed by atoms with Gasteiger partial charge in [0.1, 0.15) is 18.4 Å². The molecule has 192 valence electrons. The lowest BCUT2D eigenvalue weighted by Gasteiger charge is -2.21. The maximum Gasteiger partial charge on any atom is 0.227 e. The molecule has 0 saturated carbocycles. The first-order chi connectivity index (χ1) is 18.4. The van der Waals surface area contributed by atoms with Crippen LogP contribution in [0.3, 0.4) is 0 Å². The molecule has 0 spiro atoms.